The van der Waals surface area contributed by atoms with E-state index in [1.807, 2.05) is 18.9 Å². The van der Waals surface area contributed by atoms with Gasteiger partial charge >= 0.3 is 0 Å². The van der Waals surface area contributed by atoms with Crippen LogP contribution in [0.3, 0.4) is 0 Å². The van der Waals surface area contributed by atoms with Crippen LogP contribution in [0.1, 0.15) is 20.8 Å². The van der Waals surface area contributed by atoms with E-state index >= 15 is 0 Å². The minimum absolute atomic E-state index is 0.536. The molecule has 4 heteroatoms. The number of allylic oxidation sites excluding steroid dienone is 1. The molecule has 0 saturated carbocycles. The molecule has 4 nitrogen and oxygen atoms in total. The van der Waals surface area contributed by atoms with E-state index in [1.54, 1.807) is 12.3 Å². The maximum atomic E-state index is 6.13. The lowest BCUT2D eigenvalue weighted by Gasteiger charge is -2.24. The number of amidine groups is 1. The molecule has 0 aliphatic heterocycles. The Morgan fingerprint density at radius 2 is 2.06 bits per heavy atom. The van der Waals surface area contributed by atoms with Crippen molar-refractivity contribution < 1.29 is 0 Å². The van der Waals surface area contributed by atoms with Gasteiger partial charge in [0, 0.05) is 19.3 Å². The number of hydrogen-bond acceptors (Lipinski definition) is 3. The second-order valence-electron chi connectivity index (χ2n) is 4.46. The number of aliphatic imine (C=N–C) groups is 1. The van der Waals surface area contributed by atoms with Crippen LogP contribution in [0.15, 0.2) is 41.8 Å². The van der Waals surface area contributed by atoms with Crippen LogP contribution in [-0.2, 0) is 0 Å². The Morgan fingerprint density at radius 3 is 2.44 bits per heavy atom. The summed E-state index contributed by atoms with van der Waals surface area (Å²) in [5, 5.41) is 3.01. The predicted molar refractivity (Wildman–Crippen MR) is 80.2 cm³/mol. The monoisotopic (exact) mass is 250 g/mol. The molecule has 0 radical (unpaired) electrons. The fourth-order valence-electron chi connectivity index (χ4n) is 1.52. The van der Waals surface area contributed by atoms with Gasteiger partial charge in [0.05, 0.1) is 12.2 Å². The summed E-state index contributed by atoms with van der Waals surface area (Å²) in [6.07, 6.45) is 3.53. The Hall–Kier alpha value is -1.71. The van der Waals surface area contributed by atoms with Crippen molar-refractivity contribution in [2.75, 3.05) is 20.1 Å². The van der Waals surface area contributed by atoms with Gasteiger partial charge in [0.25, 0.3) is 0 Å². The maximum Gasteiger partial charge on any atom is 0.146 e. The van der Waals surface area contributed by atoms with Crippen molar-refractivity contribution in [1.29, 1.82) is 0 Å². The highest BCUT2D eigenvalue weighted by Gasteiger charge is 2.11. The molecule has 0 rings (SSSR count). The fraction of sp³-hybridized carbons (Fsp3) is 0.500. The third kappa shape index (κ3) is 5.08. The minimum Gasteiger partial charge on any atom is -0.394 e. The molecule has 0 heterocycles. The highest BCUT2D eigenvalue weighted by molar-refractivity contribution is 5.97. The van der Waals surface area contributed by atoms with Gasteiger partial charge in [0.15, 0.2) is 0 Å². The van der Waals surface area contributed by atoms with Crippen LogP contribution in [0.4, 0.5) is 0 Å². The van der Waals surface area contributed by atoms with Crippen molar-refractivity contribution in [1.82, 2.24) is 10.2 Å². The molecule has 18 heavy (non-hydrogen) atoms. The molecule has 0 spiro atoms. The number of rotatable bonds is 7. The number of hydrogen-bond donors (Lipinski definition) is 2. The Morgan fingerprint density at radius 1 is 1.44 bits per heavy atom. The molecule has 0 atom stereocenters. The van der Waals surface area contributed by atoms with Gasteiger partial charge in [-0.3, -0.25) is 4.99 Å². The lowest BCUT2D eigenvalue weighted by molar-refractivity contribution is 0.396. The summed E-state index contributed by atoms with van der Waals surface area (Å²) in [5.74, 6) is 1.22. The van der Waals surface area contributed by atoms with Gasteiger partial charge in [-0.1, -0.05) is 26.5 Å². The Labute approximate surface area is 111 Å². The lowest BCUT2D eigenvalue weighted by Crippen LogP contribution is -2.31. The summed E-state index contributed by atoms with van der Waals surface area (Å²) < 4.78 is 0. The van der Waals surface area contributed by atoms with Crippen LogP contribution in [0.2, 0.25) is 0 Å². The quantitative estimate of drug-likeness (QED) is 0.413. The Balaban J connectivity index is 5.15. The van der Waals surface area contributed by atoms with E-state index in [-0.39, 0.29) is 0 Å². The average Bonchev–Trinajstić information content (AvgIpc) is 2.35. The summed E-state index contributed by atoms with van der Waals surface area (Å²) in [4.78, 5) is 6.36. The summed E-state index contributed by atoms with van der Waals surface area (Å²) in [5.41, 5.74) is 7.72. The number of nitrogens with one attached hydrogen (secondary N) is 1. The van der Waals surface area contributed by atoms with Crippen molar-refractivity contribution in [3.8, 4) is 0 Å². The molecule has 0 fully saturated rings. The van der Waals surface area contributed by atoms with E-state index in [0.29, 0.717) is 24.0 Å². The SMILES string of the molecule is C=CC/N=C(NC)\C(N)=C(/C)N(C=C)CC(C)C. The van der Waals surface area contributed by atoms with Gasteiger partial charge in [-0.15, -0.1) is 6.58 Å². The van der Waals surface area contributed by atoms with Gasteiger partial charge in [-0.05, 0) is 19.0 Å². The summed E-state index contributed by atoms with van der Waals surface area (Å²) >= 11 is 0. The molecule has 0 aromatic heterocycles. The van der Waals surface area contributed by atoms with Gasteiger partial charge in [0.2, 0.25) is 0 Å². The zero-order valence-corrected chi connectivity index (χ0v) is 12.0. The molecule has 0 unspecified atom stereocenters. The zero-order chi connectivity index (χ0) is 14.1. The number of nitrogens with two attached hydrogens (primary N) is 1. The van der Waals surface area contributed by atoms with E-state index in [9.17, 15) is 0 Å². The van der Waals surface area contributed by atoms with Gasteiger partial charge in [0.1, 0.15) is 5.84 Å². The molecule has 0 aromatic carbocycles. The second-order valence-corrected chi connectivity index (χ2v) is 4.46. The molecule has 3 N–H and O–H groups in total. The van der Waals surface area contributed by atoms with Gasteiger partial charge in [-0.2, -0.15) is 0 Å². The fourth-order valence-corrected chi connectivity index (χ4v) is 1.52. The summed E-state index contributed by atoms with van der Waals surface area (Å²) in [7, 11) is 1.81. The first kappa shape index (κ1) is 16.3. The molecular weight excluding hydrogens is 224 g/mol. The number of nitrogens with zero attached hydrogens (tertiary/aromatic N) is 2. The Bertz CT molecular complexity index is 340. The van der Waals surface area contributed by atoms with Crippen molar-refractivity contribution >= 4 is 5.84 Å². The van der Waals surface area contributed by atoms with E-state index in [1.165, 1.54) is 0 Å². The smallest absolute Gasteiger partial charge is 0.146 e. The minimum atomic E-state index is 0.536. The highest BCUT2D eigenvalue weighted by atomic mass is 15.1. The van der Waals surface area contributed by atoms with E-state index in [2.05, 4.69) is 37.3 Å². The normalized spacial score (nSPS) is 13.1. The summed E-state index contributed by atoms with van der Waals surface area (Å²) in [6.45, 7) is 15.2. The average molecular weight is 250 g/mol. The van der Waals surface area contributed by atoms with Crippen LogP contribution < -0.4 is 11.1 Å². The molecule has 0 aliphatic carbocycles. The van der Waals surface area contributed by atoms with Gasteiger partial charge in [-0.25, -0.2) is 0 Å². The van der Waals surface area contributed by atoms with E-state index in [0.717, 1.165) is 12.2 Å². The summed E-state index contributed by atoms with van der Waals surface area (Å²) in [6, 6.07) is 0. The largest absolute Gasteiger partial charge is 0.394 e. The first-order valence-corrected chi connectivity index (χ1v) is 6.16. The van der Waals surface area contributed by atoms with E-state index in [4.69, 9.17) is 5.73 Å². The first-order chi connectivity index (χ1) is 8.47. The van der Waals surface area contributed by atoms with Crippen LogP contribution in [0.25, 0.3) is 0 Å². The molecule has 0 amide bonds. The molecule has 0 aromatic rings. The Kier molecular flexibility index (Phi) is 7.59. The van der Waals surface area contributed by atoms with Crippen molar-refractivity contribution in [2.45, 2.75) is 20.8 Å². The topological polar surface area (TPSA) is 53.6 Å². The van der Waals surface area contributed by atoms with Crippen molar-refractivity contribution in [3.05, 3.63) is 36.8 Å². The number of likely N-dealkylation sites (N-methyl/N-ethyl adjacent to an activating group) is 1. The second kappa shape index (κ2) is 8.39. The third-order valence-electron chi connectivity index (χ3n) is 2.47. The molecule has 0 aliphatic rings. The van der Waals surface area contributed by atoms with Crippen LogP contribution >= 0.6 is 0 Å². The predicted octanol–water partition coefficient (Wildman–Crippen LogP) is 2.08. The van der Waals surface area contributed by atoms with Gasteiger partial charge < -0.3 is 16.0 Å². The first-order valence-electron chi connectivity index (χ1n) is 6.16. The molecule has 0 bridgehead atoms. The molecule has 0 saturated heterocycles. The standard InChI is InChI=1S/C14H26N4/c1-7-9-17-14(16-6)13(15)12(5)18(8-2)10-11(3)4/h7-8,11H,1-2,9-10,15H2,3-6H3,(H,16,17)/b13-12-. The lowest BCUT2D eigenvalue weighted by atomic mass is 10.2. The van der Waals surface area contributed by atoms with Crippen LogP contribution in [-0.4, -0.2) is 30.9 Å². The molecule has 102 valence electrons. The molecular formula is C14H26N4. The highest BCUT2D eigenvalue weighted by Crippen LogP contribution is 2.10. The third-order valence-corrected chi connectivity index (χ3v) is 2.47. The van der Waals surface area contributed by atoms with Crippen molar-refractivity contribution in [2.24, 2.45) is 16.6 Å². The van der Waals surface area contributed by atoms with Crippen LogP contribution in [0, 0.1) is 5.92 Å². The van der Waals surface area contributed by atoms with E-state index < -0.39 is 0 Å². The zero-order valence-electron chi connectivity index (χ0n) is 12.0. The van der Waals surface area contributed by atoms with Crippen molar-refractivity contribution in [3.63, 3.8) is 0 Å². The van der Waals surface area contributed by atoms with Crippen LogP contribution in [0.5, 0.6) is 0 Å². The maximum absolute atomic E-state index is 6.13.